The number of hydrazone groups is 1. The number of benzene rings is 2. The van der Waals surface area contributed by atoms with Crippen LogP contribution in [0.15, 0.2) is 53.6 Å². The molecule has 0 saturated carbocycles. The van der Waals surface area contributed by atoms with Crippen LogP contribution >= 0.6 is 11.6 Å². The summed E-state index contributed by atoms with van der Waals surface area (Å²) < 4.78 is 0. The van der Waals surface area contributed by atoms with Crippen LogP contribution in [0.25, 0.3) is 0 Å². The Balaban J connectivity index is 1.38. The fraction of sp³-hybridized carbons (Fsp3) is 0.300. The Hall–Kier alpha value is -2.81. The van der Waals surface area contributed by atoms with Crippen LogP contribution in [0.1, 0.15) is 11.1 Å². The van der Waals surface area contributed by atoms with Gasteiger partial charge in [-0.3, -0.25) is 24.7 Å². The van der Waals surface area contributed by atoms with Crippen LogP contribution in [0.5, 0.6) is 0 Å². The van der Waals surface area contributed by atoms with E-state index in [9.17, 15) is 14.9 Å². The number of hydrogen-bond acceptors (Lipinski definition) is 6. The average molecular weight is 416 g/mol. The van der Waals surface area contributed by atoms with Gasteiger partial charge in [-0.25, -0.2) is 5.43 Å². The normalized spacial score (nSPS) is 15.5. The highest BCUT2D eigenvalue weighted by Gasteiger charge is 2.18. The largest absolute Gasteiger partial charge is 0.297 e. The second kappa shape index (κ2) is 10.1. The Morgan fingerprint density at radius 1 is 1.07 bits per heavy atom. The molecule has 1 heterocycles. The second-order valence-corrected chi connectivity index (χ2v) is 7.26. The first-order chi connectivity index (χ1) is 14.0. The number of nitrogens with zero attached hydrogens (tertiary/aromatic N) is 4. The van der Waals surface area contributed by atoms with Crippen molar-refractivity contribution in [2.45, 2.75) is 6.54 Å². The molecule has 0 atom stereocenters. The third-order valence-corrected chi connectivity index (χ3v) is 4.91. The van der Waals surface area contributed by atoms with Crippen molar-refractivity contribution in [3.63, 3.8) is 0 Å². The van der Waals surface area contributed by atoms with E-state index in [0.29, 0.717) is 5.56 Å². The van der Waals surface area contributed by atoms with Crippen LogP contribution in [-0.2, 0) is 11.3 Å². The molecule has 3 rings (SSSR count). The molecule has 0 aliphatic carbocycles. The van der Waals surface area contributed by atoms with E-state index >= 15 is 0 Å². The lowest BCUT2D eigenvalue weighted by molar-refractivity contribution is -0.384. The number of nitro benzene ring substituents is 1. The van der Waals surface area contributed by atoms with Crippen LogP contribution in [0.2, 0.25) is 5.02 Å². The maximum atomic E-state index is 12.1. The van der Waals surface area contributed by atoms with Crippen molar-refractivity contribution in [2.24, 2.45) is 5.10 Å². The van der Waals surface area contributed by atoms with Gasteiger partial charge >= 0.3 is 0 Å². The topological polar surface area (TPSA) is 91.1 Å². The Bertz CT molecular complexity index is 863. The van der Waals surface area contributed by atoms with Gasteiger partial charge in [0, 0.05) is 49.9 Å². The van der Waals surface area contributed by atoms with Crippen molar-refractivity contribution < 1.29 is 9.72 Å². The predicted octanol–water partition coefficient (Wildman–Crippen LogP) is 2.52. The number of carbonyl (C=O) groups is 1. The van der Waals surface area contributed by atoms with Crippen molar-refractivity contribution in [1.29, 1.82) is 0 Å². The first kappa shape index (κ1) is 20.9. The van der Waals surface area contributed by atoms with E-state index in [2.05, 4.69) is 20.3 Å². The molecule has 1 amide bonds. The zero-order valence-electron chi connectivity index (χ0n) is 15.8. The maximum absolute atomic E-state index is 12.1. The lowest BCUT2D eigenvalue weighted by Crippen LogP contribution is -2.48. The van der Waals surface area contributed by atoms with Crippen LogP contribution in [0, 0.1) is 10.1 Å². The van der Waals surface area contributed by atoms with Gasteiger partial charge < -0.3 is 0 Å². The summed E-state index contributed by atoms with van der Waals surface area (Å²) >= 11 is 5.92. The first-order valence-electron chi connectivity index (χ1n) is 9.25. The van der Waals surface area contributed by atoms with Crippen LogP contribution < -0.4 is 5.43 Å². The third-order valence-electron chi connectivity index (χ3n) is 4.66. The van der Waals surface area contributed by atoms with E-state index < -0.39 is 4.92 Å². The standard InChI is InChI=1S/C20H22ClN5O3/c21-18-5-1-17(2-6-18)14-24-9-11-25(12-10-24)15-20(27)23-22-13-16-3-7-19(8-4-16)26(28)29/h1-8,13H,9-12,14-15H2,(H,23,27)/b22-13-. The summed E-state index contributed by atoms with van der Waals surface area (Å²) in [6.45, 7) is 4.56. The van der Waals surface area contributed by atoms with Gasteiger partial charge in [-0.1, -0.05) is 23.7 Å². The third kappa shape index (κ3) is 6.63. The van der Waals surface area contributed by atoms with E-state index in [1.807, 2.05) is 24.3 Å². The molecular weight excluding hydrogens is 394 g/mol. The summed E-state index contributed by atoms with van der Waals surface area (Å²) in [4.78, 5) is 26.7. The average Bonchev–Trinajstić information content (AvgIpc) is 2.71. The zero-order valence-corrected chi connectivity index (χ0v) is 16.6. The molecule has 1 saturated heterocycles. The fourth-order valence-corrected chi connectivity index (χ4v) is 3.18. The molecule has 29 heavy (non-hydrogen) atoms. The molecule has 0 radical (unpaired) electrons. The number of piperazine rings is 1. The van der Waals surface area contributed by atoms with E-state index in [1.54, 1.807) is 12.1 Å². The highest BCUT2D eigenvalue weighted by molar-refractivity contribution is 6.30. The summed E-state index contributed by atoms with van der Waals surface area (Å²) in [7, 11) is 0. The van der Waals surface area contributed by atoms with Crippen molar-refractivity contribution in [2.75, 3.05) is 32.7 Å². The second-order valence-electron chi connectivity index (χ2n) is 6.82. The van der Waals surface area contributed by atoms with E-state index in [0.717, 1.165) is 37.7 Å². The van der Waals surface area contributed by atoms with Crippen LogP contribution in [0.3, 0.4) is 0 Å². The van der Waals surface area contributed by atoms with Gasteiger partial charge in [0.1, 0.15) is 0 Å². The van der Waals surface area contributed by atoms with Gasteiger partial charge in [0.2, 0.25) is 0 Å². The number of rotatable bonds is 7. The van der Waals surface area contributed by atoms with E-state index in [-0.39, 0.29) is 18.1 Å². The predicted molar refractivity (Wildman–Crippen MR) is 112 cm³/mol. The quantitative estimate of drug-likeness (QED) is 0.426. The lowest BCUT2D eigenvalue weighted by Gasteiger charge is -2.34. The van der Waals surface area contributed by atoms with Crippen molar-refractivity contribution in [3.05, 3.63) is 74.8 Å². The summed E-state index contributed by atoms with van der Waals surface area (Å²) in [5.74, 6) is -0.186. The minimum atomic E-state index is -0.460. The van der Waals surface area contributed by atoms with Gasteiger partial charge in [-0.2, -0.15) is 5.10 Å². The molecule has 9 heteroatoms. The molecule has 1 fully saturated rings. The highest BCUT2D eigenvalue weighted by Crippen LogP contribution is 2.13. The number of hydrogen-bond donors (Lipinski definition) is 1. The summed E-state index contributed by atoms with van der Waals surface area (Å²) in [5.41, 5.74) is 4.41. The number of amides is 1. The molecule has 2 aromatic carbocycles. The minimum absolute atomic E-state index is 0.0152. The lowest BCUT2D eigenvalue weighted by atomic mass is 10.2. The Morgan fingerprint density at radius 2 is 1.69 bits per heavy atom. The number of non-ortho nitro benzene ring substituents is 1. The number of nitro groups is 1. The first-order valence-corrected chi connectivity index (χ1v) is 9.63. The van der Waals surface area contributed by atoms with E-state index in [1.165, 1.54) is 23.9 Å². The van der Waals surface area contributed by atoms with Gasteiger partial charge in [0.05, 0.1) is 17.7 Å². The van der Waals surface area contributed by atoms with Gasteiger partial charge in [-0.15, -0.1) is 0 Å². The molecule has 152 valence electrons. The molecule has 0 bridgehead atoms. The van der Waals surface area contributed by atoms with Gasteiger partial charge in [-0.05, 0) is 35.4 Å². The molecular formula is C20H22ClN5O3. The smallest absolute Gasteiger partial charge is 0.269 e. The molecule has 1 aliphatic heterocycles. The zero-order chi connectivity index (χ0) is 20.6. The maximum Gasteiger partial charge on any atom is 0.269 e. The van der Waals surface area contributed by atoms with Crippen LogP contribution in [0.4, 0.5) is 5.69 Å². The molecule has 1 N–H and O–H groups in total. The van der Waals surface area contributed by atoms with Gasteiger partial charge in [0.15, 0.2) is 0 Å². The summed E-state index contributed by atoms with van der Waals surface area (Å²) in [6.07, 6.45) is 1.46. The molecule has 1 aliphatic rings. The van der Waals surface area contributed by atoms with Crippen LogP contribution in [-0.4, -0.2) is 59.6 Å². The number of nitrogens with one attached hydrogen (secondary N) is 1. The van der Waals surface area contributed by atoms with E-state index in [4.69, 9.17) is 11.6 Å². The van der Waals surface area contributed by atoms with Crippen molar-refractivity contribution in [3.8, 4) is 0 Å². The highest BCUT2D eigenvalue weighted by atomic mass is 35.5. The Kier molecular flexibility index (Phi) is 7.29. The summed E-state index contributed by atoms with van der Waals surface area (Å²) in [6, 6.07) is 13.8. The molecule has 2 aromatic rings. The molecule has 0 aromatic heterocycles. The SMILES string of the molecule is O=C(CN1CCN(Cc2ccc(Cl)cc2)CC1)N/N=C\c1ccc([N+](=O)[O-])cc1. The fourth-order valence-electron chi connectivity index (χ4n) is 3.05. The van der Waals surface area contributed by atoms with Crippen molar-refractivity contribution in [1.82, 2.24) is 15.2 Å². The van der Waals surface area contributed by atoms with Crippen molar-refractivity contribution >= 4 is 29.4 Å². The number of halogens is 1. The number of carbonyl (C=O) groups excluding carboxylic acids is 1. The molecule has 8 nitrogen and oxygen atoms in total. The Morgan fingerprint density at radius 3 is 2.31 bits per heavy atom. The molecule has 0 spiro atoms. The Labute approximate surface area is 173 Å². The molecule has 0 unspecified atom stereocenters. The summed E-state index contributed by atoms with van der Waals surface area (Å²) in [5, 5.41) is 15.3. The monoisotopic (exact) mass is 415 g/mol. The van der Waals surface area contributed by atoms with Gasteiger partial charge in [0.25, 0.3) is 11.6 Å². The minimum Gasteiger partial charge on any atom is -0.297 e.